The van der Waals surface area contributed by atoms with Gasteiger partial charge in [0.1, 0.15) is 11.5 Å². The van der Waals surface area contributed by atoms with Crippen LogP contribution in [0.25, 0.3) is 0 Å². The van der Waals surface area contributed by atoms with Gasteiger partial charge in [0.05, 0.1) is 14.2 Å². The second-order valence-corrected chi connectivity index (χ2v) is 5.23. The van der Waals surface area contributed by atoms with E-state index >= 15 is 0 Å². The molecule has 0 amide bonds. The molecule has 2 rings (SSSR count). The van der Waals surface area contributed by atoms with E-state index in [9.17, 15) is 4.79 Å². The minimum atomic E-state index is 0.198. The van der Waals surface area contributed by atoms with Crippen molar-refractivity contribution < 1.29 is 14.3 Å². The summed E-state index contributed by atoms with van der Waals surface area (Å²) in [6, 6.07) is 5.39. The molecule has 0 heterocycles. The lowest BCUT2D eigenvalue weighted by Gasteiger charge is -2.20. The van der Waals surface area contributed by atoms with E-state index in [0.29, 0.717) is 29.4 Å². The minimum Gasteiger partial charge on any atom is -0.497 e. The molecule has 0 saturated heterocycles. The first kappa shape index (κ1) is 13.9. The summed E-state index contributed by atoms with van der Waals surface area (Å²) in [7, 11) is 3.20. The molecule has 1 aliphatic rings. The molecule has 3 heteroatoms. The van der Waals surface area contributed by atoms with Gasteiger partial charge in [-0.25, -0.2) is 0 Å². The average molecular weight is 262 g/mol. The molecule has 1 aliphatic carbocycles. The summed E-state index contributed by atoms with van der Waals surface area (Å²) < 4.78 is 10.4. The smallest absolute Gasteiger partial charge is 0.163 e. The lowest BCUT2D eigenvalue weighted by Crippen LogP contribution is -2.12. The Bertz CT molecular complexity index is 411. The van der Waals surface area contributed by atoms with Gasteiger partial charge in [-0.15, -0.1) is 0 Å². The second-order valence-electron chi connectivity index (χ2n) is 5.23. The van der Waals surface area contributed by atoms with Gasteiger partial charge in [0.2, 0.25) is 0 Å². The van der Waals surface area contributed by atoms with Gasteiger partial charge >= 0.3 is 0 Å². The predicted molar refractivity (Wildman–Crippen MR) is 75.1 cm³/mol. The number of Topliss-reactive ketones (excluding diaryl/α,β-unsaturated/α-hetero) is 1. The van der Waals surface area contributed by atoms with Gasteiger partial charge in [-0.2, -0.15) is 0 Å². The van der Waals surface area contributed by atoms with Crippen molar-refractivity contribution in [3.8, 4) is 11.5 Å². The van der Waals surface area contributed by atoms with Gasteiger partial charge < -0.3 is 9.47 Å². The third-order valence-electron chi connectivity index (χ3n) is 3.87. The summed E-state index contributed by atoms with van der Waals surface area (Å²) in [5, 5.41) is 0. The summed E-state index contributed by atoms with van der Waals surface area (Å²) in [5.74, 6) is 2.10. The monoisotopic (exact) mass is 262 g/mol. The molecule has 0 atom stereocenters. The second kappa shape index (κ2) is 6.60. The van der Waals surface area contributed by atoms with Crippen LogP contribution in [0.15, 0.2) is 18.2 Å². The highest BCUT2D eigenvalue weighted by Crippen LogP contribution is 2.29. The number of carbonyl (C=O) groups excluding carboxylic acids is 1. The van der Waals surface area contributed by atoms with Crippen LogP contribution < -0.4 is 9.47 Å². The van der Waals surface area contributed by atoms with Crippen LogP contribution in [-0.2, 0) is 0 Å². The number of ether oxygens (including phenoxy) is 2. The van der Waals surface area contributed by atoms with Crippen molar-refractivity contribution in [2.45, 2.75) is 38.5 Å². The highest BCUT2D eigenvalue weighted by molar-refractivity contribution is 5.97. The number of carbonyl (C=O) groups is 1. The Kier molecular flexibility index (Phi) is 4.83. The van der Waals surface area contributed by atoms with Gasteiger partial charge in [-0.1, -0.05) is 32.1 Å². The number of ketones is 1. The van der Waals surface area contributed by atoms with Crippen molar-refractivity contribution in [2.75, 3.05) is 14.2 Å². The summed E-state index contributed by atoms with van der Waals surface area (Å²) in [4.78, 5) is 12.3. The topological polar surface area (TPSA) is 35.5 Å². The number of rotatable bonds is 5. The molecule has 3 nitrogen and oxygen atoms in total. The highest BCUT2D eigenvalue weighted by Gasteiger charge is 2.19. The zero-order valence-electron chi connectivity index (χ0n) is 11.8. The maximum Gasteiger partial charge on any atom is 0.163 e. The van der Waals surface area contributed by atoms with Crippen LogP contribution in [0.5, 0.6) is 11.5 Å². The minimum absolute atomic E-state index is 0.198. The first-order chi connectivity index (χ1) is 9.22. The Morgan fingerprint density at radius 2 is 1.63 bits per heavy atom. The molecule has 0 radical (unpaired) electrons. The van der Waals surface area contributed by atoms with Crippen molar-refractivity contribution >= 4 is 5.78 Å². The Hall–Kier alpha value is -1.51. The Morgan fingerprint density at radius 1 is 1.05 bits per heavy atom. The van der Waals surface area contributed by atoms with E-state index in [-0.39, 0.29) is 5.78 Å². The van der Waals surface area contributed by atoms with Crippen LogP contribution in [0.3, 0.4) is 0 Å². The molecule has 0 aromatic heterocycles. The molecule has 19 heavy (non-hydrogen) atoms. The largest absolute Gasteiger partial charge is 0.497 e. The molecule has 0 N–H and O–H groups in total. The van der Waals surface area contributed by atoms with Crippen LogP contribution >= 0.6 is 0 Å². The molecule has 1 saturated carbocycles. The van der Waals surface area contributed by atoms with Crippen molar-refractivity contribution in [2.24, 2.45) is 5.92 Å². The highest BCUT2D eigenvalue weighted by atomic mass is 16.5. The predicted octanol–water partition coefficient (Wildman–Crippen LogP) is 3.86. The van der Waals surface area contributed by atoms with E-state index < -0.39 is 0 Å². The number of methoxy groups -OCH3 is 2. The first-order valence-corrected chi connectivity index (χ1v) is 6.99. The quantitative estimate of drug-likeness (QED) is 0.756. The van der Waals surface area contributed by atoms with E-state index in [1.165, 1.54) is 32.1 Å². The van der Waals surface area contributed by atoms with E-state index in [2.05, 4.69) is 0 Å². The van der Waals surface area contributed by atoms with E-state index in [0.717, 1.165) is 0 Å². The van der Waals surface area contributed by atoms with Crippen LogP contribution in [0.1, 0.15) is 48.9 Å². The van der Waals surface area contributed by atoms with Gasteiger partial charge in [0, 0.05) is 18.1 Å². The molecule has 1 aromatic carbocycles. The van der Waals surface area contributed by atoms with Crippen molar-refractivity contribution in [1.29, 1.82) is 0 Å². The van der Waals surface area contributed by atoms with Crippen molar-refractivity contribution in [3.05, 3.63) is 23.8 Å². The number of benzene rings is 1. The fourth-order valence-corrected chi connectivity index (χ4v) is 2.74. The third kappa shape index (κ3) is 3.72. The molecule has 104 valence electrons. The lowest BCUT2D eigenvalue weighted by atomic mass is 9.85. The molecule has 0 aliphatic heterocycles. The van der Waals surface area contributed by atoms with E-state index in [4.69, 9.17) is 9.47 Å². The lowest BCUT2D eigenvalue weighted by molar-refractivity contribution is 0.0949. The fourth-order valence-electron chi connectivity index (χ4n) is 2.74. The number of hydrogen-bond acceptors (Lipinski definition) is 3. The molecule has 0 unspecified atom stereocenters. The first-order valence-electron chi connectivity index (χ1n) is 6.99. The fraction of sp³-hybridized carbons (Fsp3) is 0.562. The Morgan fingerprint density at radius 3 is 2.16 bits per heavy atom. The summed E-state index contributed by atoms with van der Waals surface area (Å²) in [6.07, 6.45) is 6.87. The zero-order chi connectivity index (χ0) is 13.7. The van der Waals surface area contributed by atoms with Crippen molar-refractivity contribution in [1.82, 2.24) is 0 Å². The summed E-state index contributed by atoms with van der Waals surface area (Å²) in [5.41, 5.74) is 0.696. The van der Waals surface area contributed by atoms with Gasteiger partial charge in [0.15, 0.2) is 5.78 Å². The SMILES string of the molecule is COc1cc(OC)cc(C(=O)CC2CCCCC2)c1. The average Bonchev–Trinajstić information content (AvgIpc) is 2.47. The summed E-state index contributed by atoms with van der Waals surface area (Å²) in [6.45, 7) is 0. The van der Waals surface area contributed by atoms with E-state index in [1.54, 1.807) is 32.4 Å². The van der Waals surface area contributed by atoms with Crippen LogP contribution in [-0.4, -0.2) is 20.0 Å². The van der Waals surface area contributed by atoms with Gasteiger partial charge in [-0.05, 0) is 18.1 Å². The van der Waals surface area contributed by atoms with Crippen LogP contribution in [0, 0.1) is 5.92 Å². The Balaban J connectivity index is 2.08. The van der Waals surface area contributed by atoms with Crippen molar-refractivity contribution in [3.63, 3.8) is 0 Å². The van der Waals surface area contributed by atoms with Gasteiger partial charge in [-0.3, -0.25) is 4.79 Å². The standard InChI is InChI=1S/C16H22O3/c1-18-14-9-13(10-15(11-14)19-2)16(17)8-12-6-4-3-5-7-12/h9-12H,3-8H2,1-2H3. The van der Waals surface area contributed by atoms with Gasteiger partial charge in [0.25, 0.3) is 0 Å². The van der Waals surface area contributed by atoms with Crippen LogP contribution in [0.2, 0.25) is 0 Å². The maximum absolute atomic E-state index is 12.3. The number of hydrogen-bond donors (Lipinski definition) is 0. The molecule has 0 spiro atoms. The molecular weight excluding hydrogens is 240 g/mol. The summed E-state index contributed by atoms with van der Waals surface area (Å²) >= 11 is 0. The zero-order valence-corrected chi connectivity index (χ0v) is 11.8. The third-order valence-corrected chi connectivity index (χ3v) is 3.87. The Labute approximate surface area is 114 Å². The molecule has 0 bridgehead atoms. The maximum atomic E-state index is 12.3. The van der Waals surface area contributed by atoms with E-state index in [1.807, 2.05) is 0 Å². The normalized spacial score (nSPS) is 16.1. The molecular formula is C16H22O3. The molecule has 1 aromatic rings. The van der Waals surface area contributed by atoms with Crippen LogP contribution in [0.4, 0.5) is 0 Å². The molecule has 1 fully saturated rings.